The summed E-state index contributed by atoms with van der Waals surface area (Å²) in [7, 11) is 0. The number of hydrogen-bond acceptors (Lipinski definition) is 8. The molecule has 0 aromatic rings. The molecule has 3 aliphatic carbocycles. The molecule has 5 rings (SSSR count). The van der Waals surface area contributed by atoms with Crippen LogP contribution < -0.4 is 0 Å². The van der Waals surface area contributed by atoms with Gasteiger partial charge in [0, 0.05) is 11.8 Å². The van der Waals surface area contributed by atoms with Gasteiger partial charge in [0.25, 0.3) is 0 Å². The molecular weight excluding hydrogens is 368 g/mol. The minimum Gasteiger partial charge on any atom is -0.386 e. The molecule has 2 aliphatic heterocycles. The third-order valence-corrected chi connectivity index (χ3v) is 10.6. The Balaban J connectivity index is 1.83. The van der Waals surface area contributed by atoms with Crippen molar-refractivity contribution in [3.05, 3.63) is 0 Å². The van der Waals surface area contributed by atoms with E-state index < -0.39 is 62.4 Å². The van der Waals surface area contributed by atoms with Crippen molar-refractivity contribution >= 4 is 0 Å². The lowest BCUT2D eigenvalue weighted by atomic mass is 9.37. The van der Waals surface area contributed by atoms with Crippen LogP contribution in [0.15, 0.2) is 0 Å². The minimum absolute atomic E-state index is 0.0777. The molecule has 4 unspecified atom stereocenters. The highest BCUT2D eigenvalue weighted by atomic mass is 16.8. The highest BCUT2D eigenvalue weighted by Gasteiger charge is 3.10. The highest BCUT2D eigenvalue weighted by Crippen LogP contribution is 2.91. The molecular formula is C20H30O8. The van der Waals surface area contributed by atoms with Gasteiger partial charge in [-0.2, -0.15) is 0 Å². The van der Waals surface area contributed by atoms with Gasteiger partial charge in [-0.1, -0.05) is 27.7 Å². The average molecular weight is 398 g/mol. The summed E-state index contributed by atoms with van der Waals surface area (Å²) in [5.41, 5.74) is -13.4. The highest BCUT2D eigenvalue weighted by molar-refractivity contribution is 5.54. The second-order valence-electron chi connectivity index (χ2n) is 11.1. The first kappa shape index (κ1) is 18.4. The van der Waals surface area contributed by atoms with Gasteiger partial charge in [-0.3, -0.25) is 0 Å². The van der Waals surface area contributed by atoms with Crippen molar-refractivity contribution in [3.8, 4) is 0 Å². The zero-order valence-corrected chi connectivity index (χ0v) is 16.9. The normalized spacial score (nSPS) is 75.9. The Bertz CT molecular complexity index is 850. The summed E-state index contributed by atoms with van der Waals surface area (Å²) in [6.45, 7) is 8.50. The van der Waals surface area contributed by atoms with Gasteiger partial charge in [-0.05, 0) is 31.6 Å². The largest absolute Gasteiger partial charge is 0.386 e. The molecule has 5 fully saturated rings. The van der Waals surface area contributed by atoms with Crippen molar-refractivity contribution in [1.29, 1.82) is 0 Å². The smallest absolute Gasteiger partial charge is 0.236 e. The Labute approximate surface area is 163 Å². The maximum absolute atomic E-state index is 12.1. The predicted molar refractivity (Wildman–Crippen MR) is 92.5 cm³/mol. The summed E-state index contributed by atoms with van der Waals surface area (Å²) in [6, 6.07) is 0. The van der Waals surface area contributed by atoms with E-state index in [0.29, 0.717) is 6.42 Å². The van der Waals surface area contributed by atoms with Crippen molar-refractivity contribution in [1.82, 2.24) is 0 Å². The monoisotopic (exact) mass is 398 g/mol. The standard InChI is InChI=1S/C20H30O8/c1-9(2)14-8-16(22)12(4)11(14)18(24)13(5,27-14)19(16,25)20(26,28-18)17(23)10(3)6-7-15(12,17)21/h9-11,21-26H,6-8H2,1-5H3/t10-,11?,12?,13-,14?,15+,16-,17+,18?,19-,20-/m1/s1. The van der Waals surface area contributed by atoms with Crippen molar-refractivity contribution < 1.29 is 40.1 Å². The summed E-state index contributed by atoms with van der Waals surface area (Å²) < 4.78 is 12.2. The first-order valence-electron chi connectivity index (χ1n) is 10.3. The molecule has 0 radical (unpaired) electrons. The first-order chi connectivity index (χ1) is 12.6. The lowest BCUT2D eigenvalue weighted by Crippen LogP contribution is -2.95. The minimum atomic E-state index is -2.80. The van der Waals surface area contributed by atoms with Crippen molar-refractivity contribution in [2.24, 2.45) is 23.2 Å². The van der Waals surface area contributed by atoms with Crippen molar-refractivity contribution in [2.45, 2.75) is 99.1 Å². The topological polar surface area (TPSA) is 140 Å². The van der Waals surface area contributed by atoms with E-state index in [1.165, 1.54) is 6.92 Å². The molecule has 0 amide bonds. The van der Waals surface area contributed by atoms with Crippen LogP contribution in [0.25, 0.3) is 0 Å². The van der Waals surface area contributed by atoms with E-state index in [2.05, 4.69) is 0 Å². The molecule has 5 aliphatic rings. The van der Waals surface area contributed by atoms with E-state index in [0.717, 1.165) is 0 Å². The summed E-state index contributed by atoms with van der Waals surface area (Å²) in [4.78, 5) is 0. The van der Waals surface area contributed by atoms with E-state index >= 15 is 0 Å². The Hall–Kier alpha value is -0.320. The molecule has 6 N–H and O–H groups in total. The molecule has 2 heterocycles. The van der Waals surface area contributed by atoms with Crippen LogP contribution in [-0.2, 0) is 9.47 Å². The van der Waals surface area contributed by atoms with E-state index in [1.54, 1.807) is 13.8 Å². The fourth-order valence-corrected chi connectivity index (χ4v) is 9.34. The molecule has 0 spiro atoms. The third kappa shape index (κ3) is 0.990. The molecule has 8 heteroatoms. The third-order valence-electron chi connectivity index (χ3n) is 10.6. The molecule has 0 aromatic heterocycles. The van der Waals surface area contributed by atoms with Gasteiger partial charge in [0.15, 0.2) is 16.8 Å². The Kier molecular flexibility index (Phi) is 2.53. The molecule has 28 heavy (non-hydrogen) atoms. The van der Waals surface area contributed by atoms with Gasteiger partial charge < -0.3 is 40.1 Å². The summed E-state index contributed by atoms with van der Waals surface area (Å²) in [5, 5.41) is 71.8. The van der Waals surface area contributed by atoms with Crippen LogP contribution >= 0.6 is 0 Å². The number of aliphatic hydroxyl groups is 6. The maximum atomic E-state index is 12.1. The second-order valence-corrected chi connectivity index (χ2v) is 11.1. The Morgan fingerprint density at radius 3 is 2.11 bits per heavy atom. The Morgan fingerprint density at radius 1 is 0.929 bits per heavy atom. The van der Waals surface area contributed by atoms with Gasteiger partial charge in [0.1, 0.15) is 11.2 Å². The first-order valence-corrected chi connectivity index (χ1v) is 10.3. The fraction of sp³-hybridized carbons (Fsp3) is 1.00. The quantitative estimate of drug-likeness (QED) is 0.309. The predicted octanol–water partition coefficient (Wildman–Crippen LogP) is -1.01. The van der Waals surface area contributed by atoms with Crippen LogP contribution in [0.2, 0.25) is 0 Å². The average Bonchev–Trinajstić information content (AvgIpc) is 3.05. The fourth-order valence-electron chi connectivity index (χ4n) is 9.34. The summed E-state index contributed by atoms with van der Waals surface area (Å²) in [6.07, 6.45) is 0.395. The molecule has 8 nitrogen and oxygen atoms in total. The molecule has 0 aromatic carbocycles. The van der Waals surface area contributed by atoms with Crippen molar-refractivity contribution in [3.63, 3.8) is 0 Å². The molecule has 158 valence electrons. The lowest BCUT2D eigenvalue weighted by Gasteiger charge is -2.72. The number of hydrogen-bond donors (Lipinski definition) is 6. The van der Waals surface area contributed by atoms with E-state index in [1.807, 2.05) is 13.8 Å². The van der Waals surface area contributed by atoms with Gasteiger partial charge in [0.2, 0.25) is 11.6 Å². The van der Waals surface area contributed by atoms with Gasteiger partial charge in [0.05, 0.1) is 11.5 Å². The Morgan fingerprint density at radius 2 is 1.54 bits per heavy atom. The SMILES string of the molecule is CC(C)C12C[C@@]3(O)C4(C)C1C1(O)O[C@](O)([C@]5(O)[C@H](C)CC[C@]45O)[C@@]3(O)[C@]1(C)O2. The maximum Gasteiger partial charge on any atom is 0.236 e. The molecule has 11 atom stereocenters. The zero-order chi connectivity index (χ0) is 20.8. The van der Waals surface area contributed by atoms with Gasteiger partial charge in [-0.25, -0.2) is 0 Å². The van der Waals surface area contributed by atoms with Crippen LogP contribution in [0, 0.1) is 23.2 Å². The van der Waals surface area contributed by atoms with Gasteiger partial charge in [-0.15, -0.1) is 0 Å². The number of rotatable bonds is 1. The second kappa shape index (κ2) is 3.84. The molecule has 0 bridgehead atoms. The van der Waals surface area contributed by atoms with E-state index in [9.17, 15) is 30.6 Å². The summed E-state index contributed by atoms with van der Waals surface area (Å²) in [5.74, 6) is -6.78. The van der Waals surface area contributed by atoms with Crippen LogP contribution in [0.3, 0.4) is 0 Å². The molecule has 2 saturated heterocycles. The van der Waals surface area contributed by atoms with E-state index in [-0.39, 0.29) is 18.8 Å². The summed E-state index contributed by atoms with van der Waals surface area (Å²) >= 11 is 0. The number of ether oxygens (including phenoxy) is 2. The van der Waals surface area contributed by atoms with E-state index in [4.69, 9.17) is 9.47 Å². The zero-order valence-electron chi connectivity index (χ0n) is 16.9. The van der Waals surface area contributed by atoms with Crippen molar-refractivity contribution in [2.75, 3.05) is 0 Å². The van der Waals surface area contributed by atoms with Crippen LogP contribution in [0.1, 0.15) is 53.9 Å². The number of fused-ring (bicyclic) bond motifs is 11. The van der Waals surface area contributed by atoms with Crippen LogP contribution in [0.5, 0.6) is 0 Å². The lowest BCUT2D eigenvalue weighted by molar-refractivity contribution is -0.469. The van der Waals surface area contributed by atoms with Gasteiger partial charge >= 0.3 is 0 Å². The van der Waals surface area contributed by atoms with Crippen LogP contribution in [-0.4, -0.2) is 75.8 Å². The van der Waals surface area contributed by atoms with Crippen LogP contribution in [0.4, 0.5) is 0 Å². The molecule has 3 saturated carbocycles.